The number of benzene rings is 2. The fourth-order valence-corrected chi connectivity index (χ4v) is 4.07. The largest absolute Gasteiger partial charge is 0.497 e. The lowest BCUT2D eigenvalue weighted by atomic mass is 10.0. The van der Waals surface area contributed by atoms with Gasteiger partial charge in [-0.3, -0.25) is 9.69 Å². The lowest BCUT2D eigenvalue weighted by Crippen LogP contribution is -2.48. The molecule has 0 spiro atoms. The van der Waals surface area contributed by atoms with Gasteiger partial charge in [-0.1, -0.05) is 43.3 Å². The molecule has 0 bridgehead atoms. The van der Waals surface area contributed by atoms with E-state index in [0.717, 1.165) is 36.4 Å². The van der Waals surface area contributed by atoms with E-state index in [9.17, 15) is 4.79 Å². The predicted octanol–water partition coefficient (Wildman–Crippen LogP) is 3.83. The van der Waals surface area contributed by atoms with E-state index < -0.39 is 0 Å². The Labute approximate surface area is 195 Å². The molecule has 0 radical (unpaired) electrons. The monoisotopic (exact) mass is 448 g/mol. The van der Waals surface area contributed by atoms with E-state index in [1.165, 1.54) is 5.56 Å². The summed E-state index contributed by atoms with van der Waals surface area (Å²) in [4.78, 5) is 21.5. The number of piperazine rings is 1. The van der Waals surface area contributed by atoms with Gasteiger partial charge < -0.3 is 14.2 Å². The van der Waals surface area contributed by atoms with Crippen molar-refractivity contribution in [1.82, 2.24) is 19.9 Å². The van der Waals surface area contributed by atoms with Crippen LogP contribution in [0.5, 0.6) is 5.75 Å². The number of rotatable bonds is 8. The minimum absolute atomic E-state index is 0.186. The molecule has 1 fully saturated rings. The second kappa shape index (κ2) is 10.6. The van der Waals surface area contributed by atoms with Gasteiger partial charge in [-0.2, -0.15) is 4.98 Å². The van der Waals surface area contributed by atoms with Crippen molar-refractivity contribution in [2.45, 2.75) is 33.2 Å². The first-order valence-electron chi connectivity index (χ1n) is 11.5. The van der Waals surface area contributed by atoms with Crippen molar-refractivity contribution in [3.8, 4) is 17.1 Å². The summed E-state index contributed by atoms with van der Waals surface area (Å²) in [5.41, 5.74) is 3.29. The van der Waals surface area contributed by atoms with Gasteiger partial charge in [-0.15, -0.1) is 0 Å². The quantitative estimate of drug-likeness (QED) is 0.522. The number of carbonyl (C=O) groups is 1. The van der Waals surface area contributed by atoms with Crippen molar-refractivity contribution < 1.29 is 14.1 Å². The molecule has 1 aliphatic rings. The van der Waals surface area contributed by atoms with Gasteiger partial charge in [-0.25, -0.2) is 0 Å². The topological polar surface area (TPSA) is 71.7 Å². The average Bonchev–Trinajstić information content (AvgIpc) is 3.29. The summed E-state index contributed by atoms with van der Waals surface area (Å²) in [5.74, 6) is 2.77. The molecule has 0 saturated carbocycles. The van der Waals surface area contributed by atoms with Crippen LogP contribution in [0, 0.1) is 5.92 Å². The number of ether oxygens (including phenoxy) is 1. The number of carbonyl (C=O) groups excluding carboxylic acids is 1. The average molecular weight is 449 g/mol. The van der Waals surface area contributed by atoms with Crippen molar-refractivity contribution in [2.75, 3.05) is 33.3 Å². The van der Waals surface area contributed by atoms with Gasteiger partial charge in [0.25, 0.3) is 0 Å². The van der Waals surface area contributed by atoms with E-state index in [4.69, 9.17) is 9.26 Å². The molecule has 7 heteroatoms. The van der Waals surface area contributed by atoms with Crippen molar-refractivity contribution in [3.05, 3.63) is 65.5 Å². The molecule has 2 heterocycles. The Morgan fingerprint density at radius 3 is 2.30 bits per heavy atom. The van der Waals surface area contributed by atoms with Gasteiger partial charge in [0.2, 0.25) is 17.6 Å². The summed E-state index contributed by atoms with van der Waals surface area (Å²) in [6.07, 6.45) is 1.52. The molecular formula is C26H32N4O3. The molecule has 0 unspecified atom stereocenters. The molecule has 0 atom stereocenters. The standard InChI is InChI=1S/C26H32N4O3/c1-19(2)16-20-4-6-21(7-5-20)17-25(31)30-14-12-29(13-15-30)18-24-27-26(28-33-24)22-8-10-23(32-3)11-9-22/h4-11,19H,12-18H2,1-3H3. The van der Waals surface area contributed by atoms with Crippen LogP contribution in [0.2, 0.25) is 0 Å². The zero-order valence-electron chi connectivity index (χ0n) is 19.7. The lowest BCUT2D eigenvalue weighted by Gasteiger charge is -2.34. The van der Waals surface area contributed by atoms with Crippen LogP contribution in [-0.2, 0) is 24.2 Å². The van der Waals surface area contributed by atoms with Gasteiger partial charge in [0.15, 0.2) is 0 Å². The Balaban J connectivity index is 1.25. The first-order valence-corrected chi connectivity index (χ1v) is 11.5. The zero-order chi connectivity index (χ0) is 23.2. The summed E-state index contributed by atoms with van der Waals surface area (Å²) in [7, 11) is 1.64. The van der Waals surface area contributed by atoms with E-state index in [0.29, 0.717) is 43.7 Å². The van der Waals surface area contributed by atoms with Crippen LogP contribution in [0.1, 0.15) is 30.9 Å². The molecule has 174 valence electrons. The molecule has 0 N–H and O–H groups in total. The second-order valence-corrected chi connectivity index (χ2v) is 8.99. The SMILES string of the molecule is COc1ccc(-c2noc(CN3CCN(C(=O)Cc4ccc(CC(C)C)cc4)CC3)n2)cc1. The highest BCUT2D eigenvalue weighted by molar-refractivity contribution is 5.78. The van der Waals surface area contributed by atoms with Crippen LogP contribution in [-0.4, -0.2) is 59.1 Å². The van der Waals surface area contributed by atoms with Crippen molar-refractivity contribution >= 4 is 5.91 Å². The summed E-state index contributed by atoms with van der Waals surface area (Å²) >= 11 is 0. The molecule has 1 aliphatic heterocycles. The zero-order valence-corrected chi connectivity index (χ0v) is 19.7. The van der Waals surface area contributed by atoms with Crippen LogP contribution in [0.3, 0.4) is 0 Å². The smallest absolute Gasteiger partial charge is 0.241 e. The Morgan fingerprint density at radius 1 is 1.00 bits per heavy atom. The molecule has 4 rings (SSSR count). The van der Waals surface area contributed by atoms with Gasteiger partial charge in [0, 0.05) is 31.7 Å². The number of hydrogen-bond donors (Lipinski definition) is 0. The fraction of sp³-hybridized carbons (Fsp3) is 0.423. The maximum Gasteiger partial charge on any atom is 0.241 e. The molecule has 3 aromatic rings. The second-order valence-electron chi connectivity index (χ2n) is 8.99. The van der Waals surface area contributed by atoms with E-state index >= 15 is 0 Å². The maximum absolute atomic E-state index is 12.8. The third-order valence-electron chi connectivity index (χ3n) is 5.92. The number of hydrogen-bond acceptors (Lipinski definition) is 6. The molecule has 0 aliphatic carbocycles. The lowest BCUT2D eigenvalue weighted by molar-refractivity contribution is -0.132. The third kappa shape index (κ3) is 6.20. The molecular weight excluding hydrogens is 416 g/mol. The van der Waals surface area contributed by atoms with Crippen molar-refractivity contribution in [3.63, 3.8) is 0 Å². The molecule has 1 aromatic heterocycles. The molecule has 7 nitrogen and oxygen atoms in total. The predicted molar refractivity (Wildman–Crippen MR) is 127 cm³/mol. The first kappa shape index (κ1) is 23.0. The Morgan fingerprint density at radius 2 is 1.67 bits per heavy atom. The molecule has 33 heavy (non-hydrogen) atoms. The van der Waals surface area contributed by atoms with Crippen LogP contribution in [0.25, 0.3) is 11.4 Å². The van der Waals surface area contributed by atoms with Crippen LogP contribution >= 0.6 is 0 Å². The van der Waals surface area contributed by atoms with Crippen LogP contribution in [0.4, 0.5) is 0 Å². The Bertz CT molecular complexity index is 1040. The van der Waals surface area contributed by atoms with Crippen molar-refractivity contribution in [2.24, 2.45) is 5.92 Å². The minimum atomic E-state index is 0.186. The number of methoxy groups -OCH3 is 1. The fourth-order valence-electron chi connectivity index (χ4n) is 4.07. The van der Waals surface area contributed by atoms with Crippen molar-refractivity contribution in [1.29, 1.82) is 0 Å². The molecule has 1 amide bonds. The highest BCUT2D eigenvalue weighted by Gasteiger charge is 2.23. The molecule has 1 saturated heterocycles. The summed E-state index contributed by atoms with van der Waals surface area (Å²) in [6, 6.07) is 16.0. The van der Waals surface area contributed by atoms with E-state index in [1.54, 1.807) is 7.11 Å². The minimum Gasteiger partial charge on any atom is -0.497 e. The number of nitrogens with zero attached hydrogens (tertiary/aromatic N) is 4. The highest BCUT2D eigenvalue weighted by Crippen LogP contribution is 2.20. The Hall–Kier alpha value is -3.19. The van der Waals surface area contributed by atoms with Crippen LogP contribution in [0.15, 0.2) is 53.1 Å². The van der Waals surface area contributed by atoms with E-state index in [1.807, 2.05) is 29.2 Å². The van der Waals surface area contributed by atoms with Gasteiger partial charge in [0.05, 0.1) is 20.1 Å². The number of aromatic nitrogens is 2. The summed E-state index contributed by atoms with van der Waals surface area (Å²) < 4.78 is 10.6. The summed E-state index contributed by atoms with van der Waals surface area (Å²) in [6.45, 7) is 8.03. The summed E-state index contributed by atoms with van der Waals surface area (Å²) in [5, 5.41) is 4.10. The third-order valence-corrected chi connectivity index (χ3v) is 5.92. The number of amides is 1. The van der Waals surface area contributed by atoms with Crippen LogP contribution < -0.4 is 4.74 Å². The first-order chi connectivity index (χ1) is 16.0. The van der Waals surface area contributed by atoms with E-state index in [-0.39, 0.29) is 5.91 Å². The van der Waals surface area contributed by atoms with E-state index in [2.05, 4.69) is 53.2 Å². The Kier molecular flexibility index (Phi) is 7.40. The van der Waals surface area contributed by atoms with Gasteiger partial charge in [-0.05, 0) is 47.7 Å². The van der Waals surface area contributed by atoms with Gasteiger partial charge >= 0.3 is 0 Å². The molecule has 2 aromatic carbocycles. The van der Waals surface area contributed by atoms with Gasteiger partial charge in [0.1, 0.15) is 5.75 Å². The highest BCUT2D eigenvalue weighted by atomic mass is 16.5. The normalized spacial score (nSPS) is 14.6. The maximum atomic E-state index is 12.8.